The summed E-state index contributed by atoms with van der Waals surface area (Å²) in [6.45, 7) is 11.5. The highest BCUT2D eigenvalue weighted by Gasteiger charge is 2.09. The van der Waals surface area contributed by atoms with Gasteiger partial charge in [-0.2, -0.15) is 4.98 Å². The molecule has 0 unspecified atom stereocenters. The first-order valence-electron chi connectivity index (χ1n) is 8.37. The minimum Gasteiger partial charge on any atom is -0.381 e. The van der Waals surface area contributed by atoms with Gasteiger partial charge >= 0.3 is 0 Å². The lowest BCUT2D eigenvalue weighted by Crippen LogP contribution is -2.39. The minimum atomic E-state index is 0. The number of guanidine groups is 1. The SMILES string of the molecule is CN=C(NCCCOCC(C)C)NCCc1nc(C(C)C)no1.I. The predicted molar refractivity (Wildman–Crippen MR) is 107 cm³/mol. The van der Waals surface area contributed by atoms with Crippen LogP contribution >= 0.6 is 24.0 Å². The Morgan fingerprint density at radius 2 is 1.92 bits per heavy atom. The summed E-state index contributed by atoms with van der Waals surface area (Å²) in [6, 6.07) is 0. The number of hydrogen-bond donors (Lipinski definition) is 2. The zero-order valence-corrected chi connectivity index (χ0v) is 17.8. The molecule has 0 saturated heterocycles. The molecule has 0 aliphatic carbocycles. The van der Waals surface area contributed by atoms with Crippen molar-refractivity contribution >= 4 is 29.9 Å². The summed E-state index contributed by atoms with van der Waals surface area (Å²) < 4.78 is 10.8. The van der Waals surface area contributed by atoms with E-state index in [1.807, 2.05) is 13.8 Å². The second-order valence-corrected chi connectivity index (χ2v) is 6.20. The van der Waals surface area contributed by atoms with Gasteiger partial charge in [-0.1, -0.05) is 32.9 Å². The summed E-state index contributed by atoms with van der Waals surface area (Å²) in [5, 5.41) is 10.4. The van der Waals surface area contributed by atoms with Crippen molar-refractivity contribution in [3.05, 3.63) is 11.7 Å². The minimum absolute atomic E-state index is 0. The first-order valence-corrected chi connectivity index (χ1v) is 8.37. The van der Waals surface area contributed by atoms with Crippen LogP contribution in [-0.4, -0.2) is 49.5 Å². The van der Waals surface area contributed by atoms with Crippen LogP contribution in [0.15, 0.2) is 9.52 Å². The van der Waals surface area contributed by atoms with E-state index >= 15 is 0 Å². The van der Waals surface area contributed by atoms with Crippen molar-refractivity contribution in [2.24, 2.45) is 10.9 Å². The van der Waals surface area contributed by atoms with Gasteiger partial charge in [-0.15, -0.1) is 24.0 Å². The Bertz CT molecular complexity index is 463. The second kappa shape index (κ2) is 13.4. The molecule has 7 nitrogen and oxygen atoms in total. The summed E-state index contributed by atoms with van der Waals surface area (Å²) in [5.41, 5.74) is 0. The third-order valence-corrected chi connectivity index (χ3v) is 3.06. The van der Waals surface area contributed by atoms with Gasteiger partial charge in [0.1, 0.15) is 0 Å². The third-order valence-electron chi connectivity index (χ3n) is 3.06. The molecular formula is C16H32IN5O2. The molecule has 0 spiro atoms. The highest BCUT2D eigenvalue weighted by Crippen LogP contribution is 2.09. The number of halogens is 1. The smallest absolute Gasteiger partial charge is 0.228 e. The average molecular weight is 453 g/mol. The molecule has 2 N–H and O–H groups in total. The first-order chi connectivity index (χ1) is 11.0. The van der Waals surface area contributed by atoms with Crippen LogP contribution in [-0.2, 0) is 11.2 Å². The lowest BCUT2D eigenvalue weighted by atomic mass is 10.2. The van der Waals surface area contributed by atoms with E-state index in [0.717, 1.165) is 38.0 Å². The number of hydrogen-bond acceptors (Lipinski definition) is 5. The van der Waals surface area contributed by atoms with Crippen molar-refractivity contribution in [2.75, 3.05) is 33.4 Å². The largest absolute Gasteiger partial charge is 0.381 e. The maximum atomic E-state index is 5.54. The molecule has 0 bridgehead atoms. The first kappa shape index (κ1) is 23.1. The highest BCUT2D eigenvalue weighted by atomic mass is 127. The predicted octanol–water partition coefficient (Wildman–Crippen LogP) is 2.58. The average Bonchev–Trinajstić information content (AvgIpc) is 2.97. The second-order valence-electron chi connectivity index (χ2n) is 6.20. The van der Waals surface area contributed by atoms with Gasteiger partial charge in [-0.25, -0.2) is 0 Å². The Labute approximate surface area is 162 Å². The lowest BCUT2D eigenvalue weighted by Gasteiger charge is -2.11. The summed E-state index contributed by atoms with van der Waals surface area (Å²) >= 11 is 0. The van der Waals surface area contributed by atoms with Crippen LogP contribution in [0.4, 0.5) is 0 Å². The van der Waals surface area contributed by atoms with E-state index in [4.69, 9.17) is 9.26 Å². The molecule has 0 aliphatic heterocycles. The Kier molecular flexibility index (Phi) is 12.9. The fraction of sp³-hybridized carbons (Fsp3) is 0.812. The molecule has 0 atom stereocenters. The van der Waals surface area contributed by atoms with Gasteiger partial charge in [0.05, 0.1) is 0 Å². The van der Waals surface area contributed by atoms with Gasteiger partial charge < -0.3 is 19.9 Å². The Balaban J connectivity index is 0.00000529. The van der Waals surface area contributed by atoms with Crippen LogP contribution in [0.25, 0.3) is 0 Å². The van der Waals surface area contributed by atoms with E-state index < -0.39 is 0 Å². The molecule has 8 heteroatoms. The molecule has 1 heterocycles. The Morgan fingerprint density at radius 3 is 2.50 bits per heavy atom. The normalized spacial score (nSPS) is 11.7. The van der Waals surface area contributed by atoms with Crippen LogP contribution < -0.4 is 10.6 Å². The number of aliphatic imine (C=N–C) groups is 1. The number of ether oxygens (including phenoxy) is 1. The summed E-state index contributed by atoms with van der Waals surface area (Å²) in [7, 11) is 1.76. The van der Waals surface area contributed by atoms with Gasteiger partial charge in [0.25, 0.3) is 0 Å². The van der Waals surface area contributed by atoms with Crippen LogP contribution in [0.5, 0.6) is 0 Å². The van der Waals surface area contributed by atoms with E-state index in [1.54, 1.807) is 7.05 Å². The molecule has 1 aromatic rings. The number of nitrogens with zero attached hydrogens (tertiary/aromatic N) is 3. The summed E-state index contributed by atoms with van der Waals surface area (Å²) in [6.07, 6.45) is 1.63. The molecule has 0 fully saturated rings. The zero-order chi connectivity index (χ0) is 17.1. The van der Waals surface area contributed by atoms with E-state index in [2.05, 4.69) is 39.6 Å². The van der Waals surface area contributed by atoms with Crippen LogP contribution in [0, 0.1) is 5.92 Å². The highest BCUT2D eigenvalue weighted by molar-refractivity contribution is 14.0. The molecule has 0 saturated carbocycles. The monoisotopic (exact) mass is 453 g/mol. The van der Waals surface area contributed by atoms with Gasteiger partial charge in [0, 0.05) is 45.7 Å². The van der Waals surface area contributed by atoms with E-state index in [0.29, 0.717) is 24.8 Å². The fourth-order valence-electron chi connectivity index (χ4n) is 1.81. The quantitative estimate of drug-likeness (QED) is 0.245. The van der Waals surface area contributed by atoms with Crippen molar-refractivity contribution in [3.8, 4) is 0 Å². The van der Waals surface area contributed by atoms with Gasteiger partial charge in [0.2, 0.25) is 5.89 Å². The number of nitrogens with one attached hydrogen (secondary N) is 2. The maximum Gasteiger partial charge on any atom is 0.228 e. The van der Waals surface area contributed by atoms with E-state index in [1.165, 1.54) is 0 Å². The summed E-state index contributed by atoms with van der Waals surface area (Å²) in [4.78, 5) is 8.53. The van der Waals surface area contributed by atoms with Crippen LogP contribution in [0.3, 0.4) is 0 Å². The molecule has 24 heavy (non-hydrogen) atoms. The van der Waals surface area contributed by atoms with Crippen LogP contribution in [0.1, 0.15) is 51.7 Å². The van der Waals surface area contributed by atoms with Gasteiger partial charge in [0.15, 0.2) is 11.8 Å². The lowest BCUT2D eigenvalue weighted by molar-refractivity contribution is 0.108. The van der Waals surface area contributed by atoms with Crippen molar-refractivity contribution in [2.45, 2.75) is 46.5 Å². The van der Waals surface area contributed by atoms with Crippen LogP contribution in [0.2, 0.25) is 0 Å². The number of aromatic nitrogens is 2. The van der Waals surface area contributed by atoms with Crippen molar-refractivity contribution in [1.82, 2.24) is 20.8 Å². The Morgan fingerprint density at radius 1 is 1.21 bits per heavy atom. The molecular weight excluding hydrogens is 421 g/mol. The maximum absolute atomic E-state index is 5.54. The molecule has 140 valence electrons. The molecule has 1 rings (SSSR count). The van der Waals surface area contributed by atoms with Gasteiger partial charge in [-0.3, -0.25) is 4.99 Å². The zero-order valence-electron chi connectivity index (χ0n) is 15.5. The van der Waals surface area contributed by atoms with Gasteiger partial charge in [-0.05, 0) is 12.3 Å². The Hall–Kier alpha value is -0.900. The topological polar surface area (TPSA) is 84.6 Å². The number of rotatable bonds is 10. The molecule has 1 aromatic heterocycles. The summed E-state index contributed by atoms with van der Waals surface area (Å²) in [5.74, 6) is 3.05. The van der Waals surface area contributed by atoms with E-state index in [9.17, 15) is 0 Å². The molecule has 0 amide bonds. The third kappa shape index (κ3) is 10.1. The van der Waals surface area contributed by atoms with Crippen molar-refractivity contribution < 1.29 is 9.26 Å². The van der Waals surface area contributed by atoms with E-state index in [-0.39, 0.29) is 29.9 Å². The molecule has 0 aromatic carbocycles. The van der Waals surface area contributed by atoms with Crippen molar-refractivity contribution in [1.29, 1.82) is 0 Å². The van der Waals surface area contributed by atoms with Crippen molar-refractivity contribution in [3.63, 3.8) is 0 Å². The molecule has 0 aliphatic rings. The standard InChI is InChI=1S/C16H31N5O2.HI/c1-12(2)11-22-10-6-8-18-16(17-5)19-9-7-14-20-15(13(3)4)21-23-14;/h12-13H,6-11H2,1-5H3,(H2,17,18,19);1H. The fourth-order valence-corrected chi connectivity index (χ4v) is 1.81. The molecule has 0 radical (unpaired) electrons.